The third-order valence-corrected chi connectivity index (χ3v) is 3.55. The molecule has 1 atom stereocenters. The number of phenolic OH excluding ortho intramolecular Hbond substituents is 2. The number of nitrogens with zero attached hydrogens (tertiary/aromatic N) is 1. The predicted octanol–water partition coefficient (Wildman–Crippen LogP) is 1.45. The first-order chi connectivity index (χ1) is 8.13. The van der Waals surface area contributed by atoms with Crippen molar-refractivity contribution in [2.24, 2.45) is 0 Å². The largest absolute Gasteiger partial charge is 0.508 e. The molecule has 0 radical (unpaired) electrons. The lowest BCUT2D eigenvalue weighted by Crippen LogP contribution is -2.57. The van der Waals surface area contributed by atoms with E-state index in [-0.39, 0.29) is 17.5 Å². The third kappa shape index (κ3) is 2.37. The van der Waals surface area contributed by atoms with E-state index in [9.17, 15) is 10.2 Å². The van der Waals surface area contributed by atoms with E-state index in [0.29, 0.717) is 6.04 Å². The summed E-state index contributed by atoms with van der Waals surface area (Å²) in [5.74, 6) is 0.452. The fourth-order valence-electron chi connectivity index (χ4n) is 2.41. The molecular formula is C13H20N2O2. The molecule has 2 rings (SSSR count). The normalized spacial score (nSPS) is 18.1. The average molecular weight is 236 g/mol. The van der Waals surface area contributed by atoms with Crippen LogP contribution in [0, 0.1) is 0 Å². The topological polar surface area (TPSA) is 55.7 Å². The summed E-state index contributed by atoms with van der Waals surface area (Å²) in [4.78, 5) is 2.34. The molecule has 0 saturated carbocycles. The maximum absolute atomic E-state index is 9.87. The Bertz CT molecular complexity index is 391. The van der Waals surface area contributed by atoms with Gasteiger partial charge in [-0.25, -0.2) is 0 Å². The van der Waals surface area contributed by atoms with Crippen LogP contribution in [-0.2, 0) is 0 Å². The van der Waals surface area contributed by atoms with Gasteiger partial charge in [-0.2, -0.15) is 0 Å². The molecule has 0 spiro atoms. The molecule has 0 aromatic heterocycles. The van der Waals surface area contributed by atoms with Crippen molar-refractivity contribution < 1.29 is 10.2 Å². The minimum Gasteiger partial charge on any atom is -0.508 e. The van der Waals surface area contributed by atoms with Crippen molar-refractivity contribution in [3.63, 3.8) is 0 Å². The van der Waals surface area contributed by atoms with Crippen LogP contribution in [0.15, 0.2) is 18.2 Å². The molecule has 4 heteroatoms. The van der Waals surface area contributed by atoms with Crippen LogP contribution in [0.2, 0.25) is 0 Å². The zero-order valence-electron chi connectivity index (χ0n) is 10.3. The van der Waals surface area contributed by atoms with Crippen LogP contribution >= 0.6 is 0 Å². The number of likely N-dealkylation sites (N-methyl/N-ethyl adjacent to an activating group) is 1. The van der Waals surface area contributed by atoms with Crippen LogP contribution in [0.3, 0.4) is 0 Å². The summed E-state index contributed by atoms with van der Waals surface area (Å²) >= 11 is 0. The third-order valence-electron chi connectivity index (χ3n) is 3.55. The minimum atomic E-state index is 0.110. The van der Waals surface area contributed by atoms with Crippen molar-refractivity contribution in [1.29, 1.82) is 0 Å². The molecule has 1 fully saturated rings. The molecule has 17 heavy (non-hydrogen) atoms. The zero-order valence-corrected chi connectivity index (χ0v) is 10.3. The minimum absolute atomic E-state index is 0.110. The van der Waals surface area contributed by atoms with Crippen molar-refractivity contribution >= 4 is 0 Å². The lowest BCUT2D eigenvalue weighted by Gasteiger charge is -2.41. The van der Waals surface area contributed by atoms with Gasteiger partial charge in [-0.05, 0) is 31.7 Å². The summed E-state index contributed by atoms with van der Waals surface area (Å²) in [6.45, 7) is 7.11. The van der Waals surface area contributed by atoms with Gasteiger partial charge in [0.15, 0.2) is 0 Å². The maximum Gasteiger partial charge on any atom is 0.120 e. The van der Waals surface area contributed by atoms with Gasteiger partial charge in [0.25, 0.3) is 0 Å². The molecule has 1 aliphatic rings. The van der Waals surface area contributed by atoms with E-state index in [0.717, 1.165) is 25.2 Å². The lowest BCUT2D eigenvalue weighted by atomic mass is 10.0. The molecule has 3 N–H and O–H groups in total. The Morgan fingerprint density at radius 1 is 1.41 bits per heavy atom. The highest BCUT2D eigenvalue weighted by Crippen LogP contribution is 2.32. The molecule has 1 aromatic carbocycles. The summed E-state index contributed by atoms with van der Waals surface area (Å²) in [6, 6.07) is 5.34. The number of nitrogens with one attached hydrogen (secondary N) is 1. The second kappa shape index (κ2) is 4.94. The Balaban J connectivity index is 2.21. The second-order valence-corrected chi connectivity index (χ2v) is 4.56. The predicted molar refractivity (Wildman–Crippen MR) is 67.2 cm³/mol. The quantitative estimate of drug-likeness (QED) is 0.693. The van der Waals surface area contributed by atoms with E-state index < -0.39 is 0 Å². The second-order valence-electron chi connectivity index (χ2n) is 4.56. The molecule has 0 aliphatic carbocycles. The van der Waals surface area contributed by atoms with Crippen LogP contribution in [0.25, 0.3) is 0 Å². The Morgan fingerprint density at radius 3 is 2.65 bits per heavy atom. The van der Waals surface area contributed by atoms with Gasteiger partial charge in [0, 0.05) is 30.7 Å². The Hall–Kier alpha value is -1.26. The van der Waals surface area contributed by atoms with Gasteiger partial charge >= 0.3 is 0 Å². The van der Waals surface area contributed by atoms with Crippen molar-refractivity contribution in [2.45, 2.75) is 25.9 Å². The first kappa shape index (κ1) is 12.2. The average Bonchev–Trinajstić information content (AvgIpc) is 2.25. The summed E-state index contributed by atoms with van der Waals surface area (Å²) in [7, 11) is 0. The molecular weight excluding hydrogens is 216 g/mol. The van der Waals surface area contributed by atoms with Gasteiger partial charge in [-0.15, -0.1) is 0 Å². The Kier molecular flexibility index (Phi) is 3.54. The van der Waals surface area contributed by atoms with E-state index in [1.54, 1.807) is 12.1 Å². The molecule has 1 aliphatic heterocycles. The number of hydrogen-bond acceptors (Lipinski definition) is 4. The molecule has 1 unspecified atom stereocenters. The summed E-state index contributed by atoms with van der Waals surface area (Å²) in [6.07, 6.45) is 0. The van der Waals surface area contributed by atoms with Crippen molar-refractivity contribution in [3.8, 4) is 11.5 Å². The Labute approximate surface area is 102 Å². The number of aromatic hydroxyl groups is 2. The number of benzene rings is 1. The summed E-state index contributed by atoms with van der Waals surface area (Å²) in [5, 5.41) is 22.6. The zero-order chi connectivity index (χ0) is 12.4. The molecule has 1 saturated heterocycles. The first-order valence-electron chi connectivity index (χ1n) is 6.11. The summed E-state index contributed by atoms with van der Waals surface area (Å²) < 4.78 is 0. The van der Waals surface area contributed by atoms with E-state index in [1.165, 1.54) is 6.07 Å². The van der Waals surface area contributed by atoms with E-state index >= 15 is 0 Å². The van der Waals surface area contributed by atoms with Crippen LogP contribution in [-0.4, -0.2) is 40.8 Å². The van der Waals surface area contributed by atoms with Crippen LogP contribution in [0.5, 0.6) is 11.5 Å². The van der Waals surface area contributed by atoms with Gasteiger partial charge in [0.1, 0.15) is 11.5 Å². The molecule has 0 bridgehead atoms. The molecule has 4 nitrogen and oxygen atoms in total. The number of phenols is 2. The number of rotatable bonds is 4. The monoisotopic (exact) mass is 236 g/mol. The Morgan fingerprint density at radius 2 is 2.12 bits per heavy atom. The van der Waals surface area contributed by atoms with Crippen molar-refractivity contribution in [1.82, 2.24) is 10.2 Å². The maximum atomic E-state index is 9.87. The fraction of sp³-hybridized carbons (Fsp3) is 0.538. The van der Waals surface area contributed by atoms with Crippen molar-refractivity contribution in [2.75, 3.05) is 19.6 Å². The molecule has 1 aromatic rings. The lowest BCUT2D eigenvalue weighted by molar-refractivity contribution is 0.108. The first-order valence-corrected chi connectivity index (χ1v) is 6.11. The van der Waals surface area contributed by atoms with Crippen molar-refractivity contribution in [3.05, 3.63) is 23.8 Å². The van der Waals surface area contributed by atoms with Crippen LogP contribution in [0.4, 0.5) is 0 Å². The van der Waals surface area contributed by atoms with Gasteiger partial charge in [-0.3, -0.25) is 4.90 Å². The van der Waals surface area contributed by atoms with Gasteiger partial charge in [0.05, 0.1) is 0 Å². The van der Waals surface area contributed by atoms with Crippen LogP contribution < -0.4 is 5.32 Å². The molecule has 1 heterocycles. The SMILES string of the molecule is CCN(C1CNC1)C(C)c1cc(O)ccc1O. The van der Waals surface area contributed by atoms with Gasteiger partial charge in [0.2, 0.25) is 0 Å². The number of hydrogen-bond donors (Lipinski definition) is 3. The highest BCUT2D eigenvalue weighted by Gasteiger charge is 2.28. The van der Waals surface area contributed by atoms with Gasteiger partial charge in [-0.1, -0.05) is 6.92 Å². The fourth-order valence-corrected chi connectivity index (χ4v) is 2.41. The van der Waals surface area contributed by atoms with Crippen LogP contribution in [0.1, 0.15) is 25.5 Å². The molecule has 0 amide bonds. The molecule has 94 valence electrons. The summed E-state index contributed by atoms with van der Waals surface area (Å²) in [5.41, 5.74) is 0.791. The van der Waals surface area contributed by atoms with E-state index in [1.807, 2.05) is 0 Å². The smallest absolute Gasteiger partial charge is 0.120 e. The van der Waals surface area contributed by atoms with E-state index in [2.05, 4.69) is 24.1 Å². The highest BCUT2D eigenvalue weighted by atomic mass is 16.3. The standard InChI is InChI=1S/C13H20N2O2/c1-3-15(10-7-14-8-10)9(2)12-6-11(16)4-5-13(12)17/h4-6,9-10,14,16-17H,3,7-8H2,1-2H3. The highest BCUT2D eigenvalue weighted by molar-refractivity contribution is 5.40. The van der Waals surface area contributed by atoms with E-state index in [4.69, 9.17) is 0 Å². The van der Waals surface area contributed by atoms with Gasteiger partial charge < -0.3 is 15.5 Å².